The Hall–Kier alpha value is -5.00. The van der Waals surface area contributed by atoms with Crippen LogP contribution in [0.4, 0.5) is 5.95 Å². The minimum Gasteiger partial charge on any atom is -0.502 e. The summed E-state index contributed by atoms with van der Waals surface area (Å²) >= 11 is 0. The highest BCUT2D eigenvalue weighted by Gasteiger charge is 2.41. The van der Waals surface area contributed by atoms with Crippen LogP contribution in [0.2, 0.25) is 0 Å². The zero-order valence-corrected chi connectivity index (χ0v) is 21.4. The molecule has 3 N–H and O–H groups in total. The van der Waals surface area contributed by atoms with Gasteiger partial charge in [0.1, 0.15) is 12.2 Å². The van der Waals surface area contributed by atoms with Gasteiger partial charge in [-0.15, -0.1) is 5.10 Å². The van der Waals surface area contributed by atoms with Crippen molar-refractivity contribution in [2.24, 2.45) is 5.92 Å². The molecule has 2 aliphatic carbocycles. The Morgan fingerprint density at radius 1 is 1.02 bits per heavy atom. The van der Waals surface area contributed by atoms with Crippen molar-refractivity contribution >= 4 is 17.8 Å². The molecule has 1 saturated carbocycles. The van der Waals surface area contributed by atoms with E-state index in [1.54, 1.807) is 4.90 Å². The molecule has 0 radical (unpaired) electrons. The fourth-order valence-corrected chi connectivity index (χ4v) is 5.77. The molecule has 2 aromatic heterocycles. The summed E-state index contributed by atoms with van der Waals surface area (Å²) in [5.41, 5.74) is 3.02. The minimum atomic E-state index is -0.949. The van der Waals surface area contributed by atoms with Crippen molar-refractivity contribution in [3.63, 3.8) is 0 Å². The van der Waals surface area contributed by atoms with Crippen LogP contribution in [0.5, 0.6) is 5.75 Å². The van der Waals surface area contributed by atoms with Gasteiger partial charge in [-0.3, -0.25) is 29.4 Å². The number of H-pyrrole nitrogens is 1. The lowest BCUT2D eigenvalue weighted by molar-refractivity contribution is 0.0669. The van der Waals surface area contributed by atoms with Crippen LogP contribution >= 0.6 is 0 Å². The molecule has 1 aliphatic heterocycles. The van der Waals surface area contributed by atoms with Gasteiger partial charge in [0.15, 0.2) is 11.4 Å². The number of carbonyl (C=O) groups is 2. The Balaban J connectivity index is 1.43. The molecule has 0 unspecified atom stereocenters. The van der Waals surface area contributed by atoms with Crippen LogP contribution < -0.4 is 15.8 Å². The standard InChI is InChI=1S/C28H26N8O4/c37-24-21(26(39)29-28-30-32-33-31-28)14-35-23(25(24)38)27(40)34(13-16-9-10-16)15-36(35)22-19-7-3-1-5-17(19)11-12-18-6-2-4-8-20(18)22/h1-8,14,16,22,38H,9-13,15H2,(H2,29,30,31,32,33,39). The highest BCUT2D eigenvalue weighted by atomic mass is 16.3. The zero-order chi connectivity index (χ0) is 27.4. The number of aromatic nitrogens is 5. The van der Waals surface area contributed by atoms with Crippen molar-refractivity contribution in [3.05, 3.63) is 98.5 Å². The summed E-state index contributed by atoms with van der Waals surface area (Å²) in [6.07, 6.45) is 5.10. The summed E-state index contributed by atoms with van der Waals surface area (Å²) in [6, 6.07) is 16.0. The number of carbonyl (C=O) groups excluding carboxylic acids is 2. The first-order valence-corrected chi connectivity index (χ1v) is 13.2. The van der Waals surface area contributed by atoms with Crippen molar-refractivity contribution in [1.82, 2.24) is 30.2 Å². The van der Waals surface area contributed by atoms with Gasteiger partial charge in [0, 0.05) is 12.7 Å². The van der Waals surface area contributed by atoms with Gasteiger partial charge in [-0.05, 0) is 59.1 Å². The summed E-state index contributed by atoms with van der Waals surface area (Å²) in [6.45, 7) is 0.739. The number of aromatic amines is 1. The fraction of sp³-hybridized carbons (Fsp3) is 0.286. The molecule has 12 nitrogen and oxygen atoms in total. The lowest BCUT2D eigenvalue weighted by atomic mass is 9.94. The molecule has 40 heavy (non-hydrogen) atoms. The topological polar surface area (TPSA) is 149 Å². The van der Waals surface area contributed by atoms with E-state index in [0.29, 0.717) is 12.5 Å². The number of nitrogens with zero attached hydrogens (tertiary/aromatic N) is 6. The number of amides is 2. The fourth-order valence-electron chi connectivity index (χ4n) is 5.77. The molecule has 7 rings (SSSR count). The molecule has 0 bridgehead atoms. The van der Waals surface area contributed by atoms with Crippen LogP contribution in [-0.4, -0.2) is 60.3 Å². The quantitative estimate of drug-likeness (QED) is 0.349. The number of nitrogens with one attached hydrogen (secondary N) is 2. The lowest BCUT2D eigenvalue weighted by Gasteiger charge is -2.44. The summed E-state index contributed by atoms with van der Waals surface area (Å²) in [5, 5.41) is 28.6. The molecule has 0 saturated heterocycles. The molecule has 0 atom stereocenters. The van der Waals surface area contributed by atoms with Gasteiger partial charge >= 0.3 is 0 Å². The normalized spacial score (nSPS) is 16.6. The molecule has 3 heterocycles. The molecule has 1 fully saturated rings. The molecule has 3 aliphatic rings. The smallest absolute Gasteiger partial charge is 0.277 e. The van der Waals surface area contributed by atoms with Crippen molar-refractivity contribution in [1.29, 1.82) is 0 Å². The molecule has 12 heteroatoms. The number of anilines is 1. The van der Waals surface area contributed by atoms with Crippen LogP contribution in [0.15, 0.2) is 59.5 Å². The Labute approximate surface area is 228 Å². The Morgan fingerprint density at radius 2 is 1.70 bits per heavy atom. The Bertz CT molecular complexity index is 1650. The van der Waals surface area contributed by atoms with Gasteiger partial charge in [0.25, 0.3) is 17.8 Å². The first-order valence-electron chi connectivity index (χ1n) is 13.2. The molecular weight excluding hydrogens is 512 g/mol. The predicted octanol–water partition coefficient (Wildman–Crippen LogP) is 1.97. The van der Waals surface area contributed by atoms with Gasteiger partial charge in [0.05, 0.1) is 6.04 Å². The number of pyridine rings is 1. The van der Waals surface area contributed by atoms with E-state index < -0.39 is 23.0 Å². The largest absolute Gasteiger partial charge is 0.502 e. The zero-order valence-electron chi connectivity index (χ0n) is 21.4. The van der Waals surface area contributed by atoms with E-state index in [0.717, 1.165) is 36.8 Å². The number of hydrogen-bond acceptors (Lipinski definition) is 8. The molecular formula is C28H26N8O4. The maximum absolute atomic E-state index is 13.7. The molecule has 2 aromatic carbocycles. The first kappa shape index (κ1) is 24.1. The monoisotopic (exact) mass is 538 g/mol. The number of tetrazole rings is 1. The van der Waals surface area contributed by atoms with Gasteiger partial charge in [0.2, 0.25) is 5.43 Å². The second-order valence-electron chi connectivity index (χ2n) is 10.5. The van der Waals surface area contributed by atoms with E-state index in [-0.39, 0.29) is 29.9 Å². The predicted molar refractivity (Wildman–Crippen MR) is 143 cm³/mol. The Morgan fingerprint density at radius 3 is 2.33 bits per heavy atom. The summed E-state index contributed by atoms with van der Waals surface area (Å²) in [4.78, 5) is 41.8. The van der Waals surface area contributed by atoms with E-state index in [2.05, 4.69) is 50.2 Å². The van der Waals surface area contributed by atoms with E-state index in [1.165, 1.54) is 22.0 Å². The third-order valence-electron chi connectivity index (χ3n) is 7.90. The van der Waals surface area contributed by atoms with Crippen LogP contribution in [0, 0.1) is 5.92 Å². The van der Waals surface area contributed by atoms with Gasteiger partial charge in [-0.1, -0.05) is 53.6 Å². The minimum absolute atomic E-state index is 0.123. The van der Waals surface area contributed by atoms with Crippen LogP contribution in [0.25, 0.3) is 0 Å². The molecule has 0 spiro atoms. The highest BCUT2D eigenvalue weighted by molar-refractivity contribution is 6.04. The summed E-state index contributed by atoms with van der Waals surface area (Å²) < 4.78 is 1.48. The highest BCUT2D eigenvalue weighted by Crippen LogP contribution is 2.39. The second kappa shape index (κ2) is 9.33. The van der Waals surface area contributed by atoms with Crippen LogP contribution in [0.1, 0.15) is 62.0 Å². The van der Waals surface area contributed by atoms with Gasteiger partial charge < -0.3 is 10.0 Å². The summed E-state index contributed by atoms with van der Waals surface area (Å²) in [7, 11) is 0. The van der Waals surface area contributed by atoms with Crippen molar-refractivity contribution < 1.29 is 14.7 Å². The lowest BCUT2D eigenvalue weighted by Crippen LogP contribution is -2.56. The number of aryl methyl sites for hydroxylation is 2. The number of benzene rings is 2. The van der Waals surface area contributed by atoms with Crippen LogP contribution in [0.3, 0.4) is 0 Å². The van der Waals surface area contributed by atoms with E-state index in [9.17, 15) is 19.5 Å². The van der Waals surface area contributed by atoms with Crippen molar-refractivity contribution in [3.8, 4) is 5.75 Å². The van der Waals surface area contributed by atoms with E-state index >= 15 is 0 Å². The second-order valence-corrected chi connectivity index (χ2v) is 10.5. The maximum atomic E-state index is 13.7. The third-order valence-corrected chi connectivity index (χ3v) is 7.90. The molecule has 202 valence electrons. The number of rotatable bonds is 5. The van der Waals surface area contributed by atoms with Crippen molar-refractivity contribution in [2.75, 3.05) is 23.5 Å². The SMILES string of the molecule is O=C(Nc1nn[nH]n1)c1cn2c(c(O)c1=O)C(=O)N(CC1CC1)CN2C1c2ccccc2CCc2ccccc21. The van der Waals surface area contributed by atoms with Crippen LogP contribution in [-0.2, 0) is 12.8 Å². The number of hydrogen-bond donors (Lipinski definition) is 3. The molecule has 4 aromatic rings. The van der Waals surface area contributed by atoms with Crippen molar-refractivity contribution in [2.45, 2.75) is 31.7 Å². The Kier molecular flexibility index (Phi) is 5.61. The van der Waals surface area contributed by atoms with E-state index in [4.69, 9.17) is 0 Å². The average Bonchev–Trinajstić information content (AvgIpc) is 3.67. The third kappa shape index (κ3) is 3.99. The molecule has 2 amide bonds. The van der Waals surface area contributed by atoms with Gasteiger partial charge in [-0.25, -0.2) is 0 Å². The number of fused-ring (bicyclic) bond motifs is 3. The first-order chi connectivity index (χ1) is 19.5. The average molecular weight is 539 g/mol. The maximum Gasteiger partial charge on any atom is 0.277 e. The van der Waals surface area contributed by atoms with E-state index in [1.807, 2.05) is 29.3 Å². The summed E-state index contributed by atoms with van der Waals surface area (Å²) in [5.74, 6) is -1.78. The number of aromatic hydroxyl groups is 1. The van der Waals surface area contributed by atoms with Gasteiger partial charge in [-0.2, -0.15) is 5.21 Å².